The van der Waals surface area contributed by atoms with E-state index in [2.05, 4.69) is 0 Å². The Bertz CT molecular complexity index is 519. The molecule has 4 heteroatoms. The molecule has 106 valence electrons. The highest BCUT2D eigenvalue weighted by Crippen LogP contribution is 2.17. The quantitative estimate of drug-likeness (QED) is 0.860. The van der Waals surface area contributed by atoms with Crippen LogP contribution in [0, 0.1) is 12.8 Å². The molecule has 1 aromatic carbocycles. The molecule has 4 nitrogen and oxygen atoms in total. The van der Waals surface area contributed by atoms with Crippen LogP contribution in [0.3, 0.4) is 0 Å². The number of carboxylic acid groups (broad SMARTS) is 1. The zero-order valence-corrected chi connectivity index (χ0v) is 11.6. The van der Waals surface area contributed by atoms with Gasteiger partial charge in [-0.3, -0.25) is 9.59 Å². The number of rotatable bonds is 3. The Kier molecular flexibility index (Phi) is 4.56. The smallest absolute Gasteiger partial charge is 0.308 e. The van der Waals surface area contributed by atoms with Crippen molar-refractivity contribution in [1.82, 2.24) is 4.90 Å². The van der Waals surface area contributed by atoms with E-state index in [9.17, 15) is 9.59 Å². The standard InChI is InChI=1S/C16H19NO3/c1-12-4-6-13(7-5-12)8-9-15(18)17-10-2-3-14(11-17)16(19)20/h4-9,14H,2-3,10-11H2,1H3,(H,19,20)/b9-8+/t14-/m0/s1. The minimum atomic E-state index is -0.815. The van der Waals surface area contributed by atoms with Crippen LogP contribution in [-0.2, 0) is 9.59 Å². The van der Waals surface area contributed by atoms with Crippen LogP contribution in [0.25, 0.3) is 6.08 Å². The van der Waals surface area contributed by atoms with Gasteiger partial charge in [0.2, 0.25) is 5.91 Å². The van der Waals surface area contributed by atoms with Gasteiger partial charge in [-0.05, 0) is 31.4 Å². The molecule has 0 aromatic heterocycles. The number of amides is 1. The van der Waals surface area contributed by atoms with Gasteiger partial charge >= 0.3 is 5.97 Å². The van der Waals surface area contributed by atoms with Crippen molar-refractivity contribution in [1.29, 1.82) is 0 Å². The van der Waals surface area contributed by atoms with Crippen LogP contribution in [0.5, 0.6) is 0 Å². The van der Waals surface area contributed by atoms with E-state index in [1.807, 2.05) is 31.2 Å². The van der Waals surface area contributed by atoms with Crippen LogP contribution in [0.1, 0.15) is 24.0 Å². The summed E-state index contributed by atoms with van der Waals surface area (Å²) in [6.07, 6.45) is 4.70. The number of carbonyl (C=O) groups is 2. The van der Waals surface area contributed by atoms with Gasteiger partial charge in [0.25, 0.3) is 0 Å². The summed E-state index contributed by atoms with van der Waals surface area (Å²) in [5.74, 6) is -1.36. The van der Waals surface area contributed by atoms with Crippen LogP contribution in [0.4, 0.5) is 0 Å². The van der Waals surface area contributed by atoms with Gasteiger partial charge in [-0.2, -0.15) is 0 Å². The summed E-state index contributed by atoms with van der Waals surface area (Å²) in [5.41, 5.74) is 2.14. The fourth-order valence-electron chi connectivity index (χ4n) is 2.33. The zero-order valence-electron chi connectivity index (χ0n) is 11.6. The Morgan fingerprint density at radius 2 is 2.00 bits per heavy atom. The van der Waals surface area contributed by atoms with Gasteiger partial charge in [-0.25, -0.2) is 0 Å². The van der Waals surface area contributed by atoms with E-state index < -0.39 is 11.9 Å². The van der Waals surface area contributed by atoms with Gasteiger partial charge in [0.05, 0.1) is 5.92 Å². The number of benzene rings is 1. The van der Waals surface area contributed by atoms with Gasteiger partial charge in [-0.1, -0.05) is 29.8 Å². The van der Waals surface area contributed by atoms with E-state index in [1.165, 1.54) is 11.6 Å². The third kappa shape index (κ3) is 3.70. The fraction of sp³-hybridized carbons (Fsp3) is 0.375. The molecule has 1 amide bonds. The maximum Gasteiger partial charge on any atom is 0.308 e. The molecular weight excluding hydrogens is 254 g/mol. The van der Waals surface area contributed by atoms with Crippen LogP contribution < -0.4 is 0 Å². The molecule has 20 heavy (non-hydrogen) atoms. The number of carbonyl (C=O) groups excluding carboxylic acids is 1. The average Bonchev–Trinajstić information content (AvgIpc) is 2.46. The molecule has 1 heterocycles. The molecule has 0 unspecified atom stereocenters. The van der Waals surface area contributed by atoms with Crippen molar-refractivity contribution in [2.75, 3.05) is 13.1 Å². The first-order chi connectivity index (χ1) is 9.56. The predicted octanol–water partition coefficient (Wildman–Crippen LogP) is 2.33. The highest BCUT2D eigenvalue weighted by Gasteiger charge is 2.26. The van der Waals surface area contributed by atoms with Crippen LogP contribution in [-0.4, -0.2) is 35.0 Å². The number of aliphatic carboxylic acids is 1. The fourth-order valence-corrected chi connectivity index (χ4v) is 2.33. The van der Waals surface area contributed by atoms with E-state index >= 15 is 0 Å². The molecule has 1 N–H and O–H groups in total. The van der Waals surface area contributed by atoms with E-state index in [4.69, 9.17) is 5.11 Å². The number of likely N-dealkylation sites (tertiary alicyclic amines) is 1. The van der Waals surface area contributed by atoms with Crippen LogP contribution in [0.2, 0.25) is 0 Å². The predicted molar refractivity (Wildman–Crippen MR) is 77.2 cm³/mol. The third-order valence-corrected chi connectivity index (χ3v) is 3.58. The Morgan fingerprint density at radius 3 is 2.65 bits per heavy atom. The Hall–Kier alpha value is -2.10. The van der Waals surface area contributed by atoms with Crippen molar-refractivity contribution in [2.45, 2.75) is 19.8 Å². The lowest BCUT2D eigenvalue weighted by molar-refractivity contribution is -0.144. The number of carboxylic acids is 1. The molecule has 1 fully saturated rings. The van der Waals surface area contributed by atoms with E-state index in [0.29, 0.717) is 19.5 Å². The molecule has 2 rings (SSSR count). The summed E-state index contributed by atoms with van der Waals surface area (Å²) in [6, 6.07) is 7.89. The minimum absolute atomic E-state index is 0.114. The zero-order chi connectivity index (χ0) is 14.5. The lowest BCUT2D eigenvalue weighted by Crippen LogP contribution is -2.41. The highest BCUT2D eigenvalue weighted by atomic mass is 16.4. The molecular formula is C16H19NO3. The number of hydrogen-bond donors (Lipinski definition) is 1. The normalized spacial score (nSPS) is 19.2. The number of hydrogen-bond acceptors (Lipinski definition) is 2. The van der Waals surface area contributed by atoms with Gasteiger partial charge in [0.15, 0.2) is 0 Å². The van der Waals surface area contributed by atoms with E-state index in [1.54, 1.807) is 11.0 Å². The Morgan fingerprint density at radius 1 is 1.30 bits per heavy atom. The summed E-state index contributed by atoms with van der Waals surface area (Å²) in [5, 5.41) is 9.02. The first kappa shape index (κ1) is 14.3. The number of aryl methyl sites for hydroxylation is 1. The molecule has 1 aromatic rings. The molecule has 0 radical (unpaired) electrons. The Labute approximate surface area is 118 Å². The summed E-state index contributed by atoms with van der Waals surface area (Å²) in [6.45, 7) is 2.96. The SMILES string of the molecule is Cc1ccc(/C=C/C(=O)N2CCC[C@H](C(=O)O)C2)cc1. The second-order valence-corrected chi connectivity index (χ2v) is 5.21. The lowest BCUT2D eigenvalue weighted by atomic mass is 9.98. The molecule has 1 saturated heterocycles. The monoisotopic (exact) mass is 273 g/mol. The molecule has 1 aliphatic heterocycles. The van der Waals surface area contributed by atoms with Crippen molar-refractivity contribution >= 4 is 18.0 Å². The topological polar surface area (TPSA) is 57.6 Å². The van der Waals surface area contributed by atoms with Gasteiger partial charge in [-0.15, -0.1) is 0 Å². The maximum atomic E-state index is 12.1. The van der Waals surface area contributed by atoms with Gasteiger partial charge < -0.3 is 10.0 Å². The van der Waals surface area contributed by atoms with Crippen molar-refractivity contribution < 1.29 is 14.7 Å². The highest BCUT2D eigenvalue weighted by molar-refractivity contribution is 5.92. The van der Waals surface area contributed by atoms with Crippen molar-refractivity contribution in [3.63, 3.8) is 0 Å². The Balaban J connectivity index is 1.97. The van der Waals surface area contributed by atoms with Gasteiger partial charge in [0, 0.05) is 19.2 Å². The van der Waals surface area contributed by atoms with Crippen molar-refractivity contribution in [2.24, 2.45) is 5.92 Å². The molecule has 1 aliphatic rings. The first-order valence-corrected chi connectivity index (χ1v) is 6.83. The van der Waals surface area contributed by atoms with E-state index in [-0.39, 0.29) is 5.91 Å². The van der Waals surface area contributed by atoms with E-state index in [0.717, 1.165) is 12.0 Å². The number of piperidine rings is 1. The summed E-state index contributed by atoms with van der Waals surface area (Å²) >= 11 is 0. The van der Waals surface area contributed by atoms with Crippen molar-refractivity contribution in [3.8, 4) is 0 Å². The second-order valence-electron chi connectivity index (χ2n) is 5.21. The largest absolute Gasteiger partial charge is 0.481 e. The summed E-state index contributed by atoms with van der Waals surface area (Å²) in [4.78, 5) is 24.6. The summed E-state index contributed by atoms with van der Waals surface area (Å²) < 4.78 is 0. The average molecular weight is 273 g/mol. The molecule has 0 spiro atoms. The molecule has 0 bridgehead atoms. The minimum Gasteiger partial charge on any atom is -0.481 e. The second kappa shape index (κ2) is 6.37. The van der Waals surface area contributed by atoms with Gasteiger partial charge in [0.1, 0.15) is 0 Å². The first-order valence-electron chi connectivity index (χ1n) is 6.83. The van der Waals surface area contributed by atoms with Crippen LogP contribution in [0.15, 0.2) is 30.3 Å². The molecule has 0 saturated carbocycles. The maximum absolute atomic E-state index is 12.1. The summed E-state index contributed by atoms with van der Waals surface area (Å²) in [7, 11) is 0. The third-order valence-electron chi connectivity index (χ3n) is 3.58. The molecule has 0 aliphatic carbocycles. The number of nitrogens with zero attached hydrogens (tertiary/aromatic N) is 1. The lowest BCUT2D eigenvalue weighted by Gasteiger charge is -2.29. The molecule has 1 atom stereocenters. The van der Waals surface area contributed by atoms with Crippen LogP contribution >= 0.6 is 0 Å². The van der Waals surface area contributed by atoms with Crippen molar-refractivity contribution in [3.05, 3.63) is 41.5 Å².